The Morgan fingerprint density at radius 3 is 2.96 bits per heavy atom. The molecular formula is C24H30N2OS. The third-order valence-electron chi connectivity index (χ3n) is 7.20. The molecule has 28 heavy (non-hydrogen) atoms. The second kappa shape index (κ2) is 7.31. The Labute approximate surface area is 172 Å². The molecule has 5 rings (SSSR count). The first kappa shape index (κ1) is 18.4. The van der Waals surface area contributed by atoms with E-state index in [2.05, 4.69) is 34.5 Å². The van der Waals surface area contributed by atoms with Gasteiger partial charge in [0.05, 0.1) is 5.41 Å². The highest BCUT2D eigenvalue weighted by molar-refractivity contribution is 7.10. The van der Waals surface area contributed by atoms with Crippen LogP contribution in [0.4, 0.5) is 5.69 Å². The first-order chi connectivity index (χ1) is 13.7. The fourth-order valence-electron chi connectivity index (χ4n) is 5.77. The molecule has 0 saturated heterocycles. The number of amides is 1. The van der Waals surface area contributed by atoms with Crippen LogP contribution < -0.4 is 4.90 Å². The smallest absolute Gasteiger partial charge is 0.237 e. The van der Waals surface area contributed by atoms with Crippen molar-refractivity contribution in [3.63, 3.8) is 0 Å². The van der Waals surface area contributed by atoms with Crippen molar-refractivity contribution in [1.29, 1.82) is 0 Å². The van der Waals surface area contributed by atoms with Crippen LogP contribution in [0.1, 0.15) is 60.1 Å². The average molecular weight is 394 g/mol. The minimum absolute atomic E-state index is 0.227. The number of benzene rings is 1. The zero-order valence-corrected chi connectivity index (χ0v) is 17.7. The molecule has 1 amide bonds. The molecule has 1 aromatic carbocycles. The van der Waals surface area contributed by atoms with Gasteiger partial charge in [0, 0.05) is 30.7 Å². The second-order valence-electron chi connectivity index (χ2n) is 8.82. The van der Waals surface area contributed by atoms with E-state index >= 15 is 0 Å². The number of likely N-dealkylation sites (N-methyl/N-ethyl adjacent to an activating group) is 1. The first-order valence-corrected chi connectivity index (χ1v) is 11.8. The topological polar surface area (TPSA) is 23.6 Å². The molecule has 0 spiro atoms. The quantitative estimate of drug-likeness (QED) is 0.651. The summed E-state index contributed by atoms with van der Waals surface area (Å²) in [5, 5.41) is 2.24. The molecule has 0 N–H and O–H groups in total. The van der Waals surface area contributed by atoms with Crippen molar-refractivity contribution < 1.29 is 4.79 Å². The number of carbonyl (C=O) groups excluding carboxylic acids is 1. The molecule has 3 nitrogen and oxygen atoms in total. The molecule has 0 radical (unpaired) electrons. The molecule has 1 aliphatic carbocycles. The molecule has 3 heterocycles. The summed E-state index contributed by atoms with van der Waals surface area (Å²) in [4.78, 5) is 19.3. The SMILES string of the molecule is [11CH3]N1C(=O)C2(CCCCCN3CCc4sccc4C3)CCCc3cccc1c32. The van der Waals surface area contributed by atoms with Crippen molar-refractivity contribution in [2.45, 2.75) is 63.3 Å². The summed E-state index contributed by atoms with van der Waals surface area (Å²) in [6.45, 7) is 3.53. The number of unbranched alkanes of at least 4 members (excludes halogenated alkanes) is 2. The maximum Gasteiger partial charge on any atom is 0.237 e. The fraction of sp³-hybridized carbons (Fsp3) is 0.542. The van der Waals surface area contributed by atoms with E-state index in [1.807, 2.05) is 23.3 Å². The van der Waals surface area contributed by atoms with Gasteiger partial charge in [0.15, 0.2) is 0 Å². The number of hydrogen-bond donors (Lipinski definition) is 0. The maximum atomic E-state index is 13.2. The summed E-state index contributed by atoms with van der Waals surface area (Å²) < 4.78 is 0. The normalized spacial score (nSPS) is 23.8. The average Bonchev–Trinajstić information content (AvgIpc) is 3.27. The van der Waals surface area contributed by atoms with E-state index < -0.39 is 0 Å². The van der Waals surface area contributed by atoms with Crippen molar-refractivity contribution in [2.75, 3.05) is 25.0 Å². The molecule has 0 saturated carbocycles. The monoisotopic (exact) mass is 393 g/mol. The van der Waals surface area contributed by atoms with Crippen molar-refractivity contribution in [2.24, 2.45) is 0 Å². The molecule has 0 bridgehead atoms. The number of fused-ring (bicyclic) bond motifs is 1. The molecule has 2 aromatic rings. The van der Waals surface area contributed by atoms with Crippen LogP contribution >= 0.6 is 11.3 Å². The van der Waals surface area contributed by atoms with Crippen LogP contribution in [-0.2, 0) is 29.6 Å². The number of carbonyl (C=O) groups is 1. The Kier molecular flexibility index (Phi) is 4.80. The Balaban J connectivity index is 1.19. The molecule has 1 aromatic heterocycles. The number of aryl methyl sites for hydroxylation is 1. The summed E-state index contributed by atoms with van der Waals surface area (Å²) in [5.74, 6) is 0.343. The van der Waals surface area contributed by atoms with Crippen LogP contribution in [0.3, 0.4) is 0 Å². The zero-order valence-electron chi connectivity index (χ0n) is 16.9. The van der Waals surface area contributed by atoms with Crippen LogP contribution in [0.15, 0.2) is 29.6 Å². The van der Waals surface area contributed by atoms with Gasteiger partial charge in [-0.3, -0.25) is 9.69 Å². The van der Waals surface area contributed by atoms with Gasteiger partial charge in [-0.25, -0.2) is 0 Å². The third-order valence-corrected chi connectivity index (χ3v) is 8.22. The molecule has 1 atom stereocenters. The molecule has 148 valence electrons. The molecule has 1 unspecified atom stereocenters. The largest absolute Gasteiger partial charge is 0.314 e. The van der Waals surface area contributed by atoms with E-state index in [4.69, 9.17) is 0 Å². The van der Waals surface area contributed by atoms with Gasteiger partial charge in [0.25, 0.3) is 0 Å². The van der Waals surface area contributed by atoms with Crippen molar-refractivity contribution in [3.05, 3.63) is 51.2 Å². The zero-order chi connectivity index (χ0) is 19.1. The lowest BCUT2D eigenvalue weighted by Crippen LogP contribution is -2.40. The van der Waals surface area contributed by atoms with E-state index in [0.29, 0.717) is 5.91 Å². The Morgan fingerprint density at radius 1 is 1.11 bits per heavy atom. The number of hydrogen-bond acceptors (Lipinski definition) is 3. The molecular weight excluding hydrogens is 363 g/mol. The van der Waals surface area contributed by atoms with Crippen molar-refractivity contribution >= 4 is 22.9 Å². The van der Waals surface area contributed by atoms with Crippen LogP contribution in [0, 0.1) is 0 Å². The van der Waals surface area contributed by atoms with E-state index in [1.54, 1.807) is 10.4 Å². The van der Waals surface area contributed by atoms with Crippen molar-refractivity contribution in [1.82, 2.24) is 4.90 Å². The Bertz CT molecular complexity index is 888. The van der Waals surface area contributed by atoms with E-state index in [1.165, 1.54) is 49.2 Å². The lowest BCUT2D eigenvalue weighted by molar-refractivity contribution is -0.123. The number of rotatable bonds is 6. The van der Waals surface area contributed by atoms with Gasteiger partial charge in [0.2, 0.25) is 5.91 Å². The van der Waals surface area contributed by atoms with E-state index in [9.17, 15) is 4.79 Å². The highest BCUT2D eigenvalue weighted by Gasteiger charge is 2.51. The Morgan fingerprint density at radius 2 is 2.04 bits per heavy atom. The molecule has 2 aliphatic heterocycles. The highest BCUT2D eigenvalue weighted by atomic mass is 32.1. The minimum Gasteiger partial charge on any atom is -0.314 e. The van der Waals surface area contributed by atoms with Gasteiger partial charge in [-0.2, -0.15) is 0 Å². The number of nitrogens with zero attached hydrogens (tertiary/aromatic N) is 2. The second-order valence-corrected chi connectivity index (χ2v) is 9.82. The first-order valence-electron chi connectivity index (χ1n) is 10.9. The number of anilines is 1. The van der Waals surface area contributed by atoms with Crippen molar-refractivity contribution in [3.8, 4) is 0 Å². The summed E-state index contributed by atoms with van der Waals surface area (Å²) in [7, 11) is 1.97. The lowest BCUT2D eigenvalue weighted by Gasteiger charge is -2.33. The predicted octanol–water partition coefficient (Wildman–Crippen LogP) is 4.92. The molecule has 4 heteroatoms. The van der Waals surface area contributed by atoms with Gasteiger partial charge in [0.1, 0.15) is 0 Å². The van der Waals surface area contributed by atoms with Gasteiger partial charge in [-0.15, -0.1) is 11.3 Å². The van der Waals surface area contributed by atoms with Crippen LogP contribution in [0.2, 0.25) is 0 Å². The van der Waals surface area contributed by atoms with Gasteiger partial charge in [-0.1, -0.05) is 25.0 Å². The van der Waals surface area contributed by atoms with Gasteiger partial charge >= 0.3 is 0 Å². The predicted molar refractivity (Wildman–Crippen MR) is 116 cm³/mol. The standard InChI is InChI=1S/C24H30N2OS/c1-25-20-9-5-7-18-8-6-13-24(22(18)20,23(25)27)12-3-2-4-14-26-15-10-21-19(17-26)11-16-28-21/h5,7,9,11,16H,2-4,6,8,10,12-15,17H2,1H3/i1-1. The lowest BCUT2D eigenvalue weighted by atomic mass is 9.68. The third kappa shape index (κ3) is 2.93. The summed E-state index contributed by atoms with van der Waals surface area (Å²) in [6, 6.07) is 8.80. The highest BCUT2D eigenvalue weighted by Crippen LogP contribution is 2.51. The van der Waals surface area contributed by atoms with E-state index in [-0.39, 0.29) is 5.41 Å². The van der Waals surface area contributed by atoms with Crippen LogP contribution in [0.25, 0.3) is 0 Å². The number of thiophene rings is 1. The minimum atomic E-state index is -0.227. The maximum absolute atomic E-state index is 13.2. The van der Waals surface area contributed by atoms with Crippen LogP contribution in [0.5, 0.6) is 0 Å². The summed E-state index contributed by atoms with van der Waals surface area (Å²) >= 11 is 1.91. The fourth-order valence-corrected chi connectivity index (χ4v) is 6.66. The molecule has 3 aliphatic rings. The molecule has 0 fully saturated rings. The van der Waals surface area contributed by atoms with Crippen LogP contribution in [-0.4, -0.2) is 30.9 Å². The summed E-state index contributed by atoms with van der Waals surface area (Å²) in [5.41, 5.74) is 5.27. The summed E-state index contributed by atoms with van der Waals surface area (Å²) in [6.07, 6.45) is 9.18. The van der Waals surface area contributed by atoms with Gasteiger partial charge in [-0.05, 0) is 79.3 Å². The van der Waals surface area contributed by atoms with Gasteiger partial charge < -0.3 is 4.90 Å². The Hall–Kier alpha value is -1.65. The van der Waals surface area contributed by atoms with E-state index in [0.717, 1.165) is 38.6 Å².